The average molecular weight is 184 g/mol. The van der Waals surface area contributed by atoms with Gasteiger partial charge in [0.15, 0.2) is 0 Å². The summed E-state index contributed by atoms with van der Waals surface area (Å²) >= 11 is 0. The molecule has 0 aromatic heterocycles. The van der Waals surface area contributed by atoms with E-state index in [1.807, 2.05) is 6.07 Å². The van der Waals surface area contributed by atoms with Crippen molar-refractivity contribution in [3.8, 4) is 6.07 Å². The maximum Gasteiger partial charge on any atom is 0.140 e. The molecule has 0 aromatic carbocycles. The Hall–Kier alpha value is -2.14. The van der Waals surface area contributed by atoms with Crippen LogP contribution in [0.25, 0.3) is 0 Å². The first-order valence-corrected chi connectivity index (χ1v) is 3.91. The van der Waals surface area contributed by atoms with E-state index in [0.717, 1.165) is 0 Å². The molecule has 0 heterocycles. The van der Waals surface area contributed by atoms with Gasteiger partial charge >= 0.3 is 0 Å². The summed E-state index contributed by atoms with van der Waals surface area (Å²) in [5, 5.41) is 8.58. The zero-order valence-corrected chi connectivity index (χ0v) is 8.03. The predicted octanol–water partition coefficient (Wildman–Crippen LogP) is 2.95. The number of hydrogen-bond donors (Lipinski definition) is 0. The molecule has 0 aliphatic heterocycles. The van der Waals surface area contributed by atoms with E-state index in [-0.39, 0.29) is 5.70 Å². The molecular formula is C12H12N2. The van der Waals surface area contributed by atoms with E-state index in [4.69, 9.17) is 5.26 Å². The molecule has 0 saturated carbocycles. The van der Waals surface area contributed by atoms with E-state index >= 15 is 0 Å². The predicted molar refractivity (Wildman–Crippen MR) is 60.9 cm³/mol. The average Bonchev–Trinajstić information content (AvgIpc) is 2.21. The number of aliphatic imine (C=N–C) groups is 1. The molecule has 14 heavy (non-hydrogen) atoms. The Bertz CT molecular complexity index is 362. The fraction of sp³-hybridized carbons (Fsp3) is 0. The fourth-order valence-electron chi connectivity index (χ4n) is 0.662. The lowest BCUT2D eigenvalue weighted by Gasteiger charge is -1.97. The van der Waals surface area contributed by atoms with Crippen molar-refractivity contribution < 1.29 is 0 Å². The van der Waals surface area contributed by atoms with Gasteiger partial charge in [-0.2, -0.15) is 5.26 Å². The van der Waals surface area contributed by atoms with Crippen molar-refractivity contribution >= 4 is 6.72 Å². The maximum absolute atomic E-state index is 8.58. The van der Waals surface area contributed by atoms with Crippen molar-refractivity contribution in [1.82, 2.24) is 0 Å². The van der Waals surface area contributed by atoms with Gasteiger partial charge in [-0.3, -0.25) is 4.99 Å². The van der Waals surface area contributed by atoms with Gasteiger partial charge in [0.2, 0.25) is 0 Å². The highest BCUT2D eigenvalue weighted by Crippen LogP contribution is 2.11. The quantitative estimate of drug-likeness (QED) is 0.367. The molecule has 0 amide bonds. The van der Waals surface area contributed by atoms with Crippen LogP contribution >= 0.6 is 0 Å². The van der Waals surface area contributed by atoms with Crippen LogP contribution in [0.2, 0.25) is 0 Å². The topological polar surface area (TPSA) is 36.1 Å². The van der Waals surface area contributed by atoms with Crippen LogP contribution in [0.3, 0.4) is 0 Å². The maximum atomic E-state index is 8.58. The summed E-state index contributed by atoms with van der Waals surface area (Å²) in [6.07, 6.45) is 6.67. The second-order valence-corrected chi connectivity index (χ2v) is 2.44. The zero-order chi connectivity index (χ0) is 11.0. The monoisotopic (exact) mass is 184 g/mol. The van der Waals surface area contributed by atoms with Crippen molar-refractivity contribution in [1.29, 1.82) is 5.26 Å². The van der Waals surface area contributed by atoms with Gasteiger partial charge in [0.25, 0.3) is 0 Å². The molecule has 0 rings (SSSR count). The lowest BCUT2D eigenvalue weighted by atomic mass is 10.1. The van der Waals surface area contributed by atoms with Gasteiger partial charge in [0.05, 0.1) is 0 Å². The number of nitrogens with zero attached hydrogens (tertiary/aromatic N) is 2. The molecular weight excluding hydrogens is 172 g/mol. The zero-order valence-electron chi connectivity index (χ0n) is 8.03. The van der Waals surface area contributed by atoms with Crippen LogP contribution in [0, 0.1) is 11.3 Å². The molecule has 0 N–H and O–H groups in total. The second-order valence-electron chi connectivity index (χ2n) is 2.44. The summed E-state index contributed by atoms with van der Waals surface area (Å²) in [5.41, 5.74) is 1.57. The van der Waals surface area contributed by atoms with Crippen LogP contribution in [-0.4, -0.2) is 6.72 Å². The minimum atomic E-state index is 0.225. The Balaban J connectivity index is 4.66. The van der Waals surface area contributed by atoms with Gasteiger partial charge in [-0.25, -0.2) is 0 Å². The van der Waals surface area contributed by atoms with Crippen molar-refractivity contribution in [2.24, 2.45) is 4.99 Å². The Morgan fingerprint density at radius 1 is 1.29 bits per heavy atom. The number of allylic oxidation sites excluding steroid dienone is 7. The Morgan fingerprint density at radius 3 is 2.36 bits per heavy atom. The van der Waals surface area contributed by atoms with Gasteiger partial charge in [0, 0.05) is 0 Å². The second kappa shape index (κ2) is 6.38. The first-order valence-electron chi connectivity index (χ1n) is 3.91. The molecule has 0 spiro atoms. The van der Waals surface area contributed by atoms with Crippen LogP contribution < -0.4 is 0 Å². The molecule has 2 heteroatoms. The number of hydrogen-bond acceptors (Lipinski definition) is 2. The molecule has 0 radical (unpaired) electrons. The largest absolute Gasteiger partial charge is 0.253 e. The summed E-state index contributed by atoms with van der Waals surface area (Å²) in [6, 6.07) is 1.88. The highest BCUT2D eigenvalue weighted by Gasteiger charge is 1.95. The molecule has 0 bridgehead atoms. The SMILES string of the molecule is C=C/C=C\C(=C)C(=C)/C=C(/C#N)N=C. The van der Waals surface area contributed by atoms with Crippen molar-refractivity contribution in [2.45, 2.75) is 0 Å². The standard InChI is InChI=1S/C12H12N2/c1-5-6-7-10(2)11(3)8-12(9-13)14-4/h5-8H,1-4H2/b7-6-,12-8-. The van der Waals surface area contributed by atoms with Crippen molar-refractivity contribution in [3.05, 3.63) is 60.9 Å². The fourth-order valence-corrected chi connectivity index (χ4v) is 0.662. The summed E-state index contributed by atoms with van der Waals surface area (Å²) in [5.74, 6) is 0. The molecule has 0 saturated heterocycles. The van der Waals surface area contributed by atoms with E-state index < -0.39 is 0 Å². The molecule has 2 nitrogen and oxygen atoms in total. The van der Waals surface area contributed by atoms with Crippen LogP contribution in [0.15, 0.2) is 65.9 Å². The van der Waals surface area contributed by atoms with Gasteiger partial charge in [0.1, 0.15) is 11.8 Å². The van der Waals surface area contributed by atoms with Crippen LogP contribution in [0.1, 0.15) is 0 Å². The van der Waals surface area contributed by atoms with E-state index in [1.54, 1.807) is 18.2 Å². The number of rotatable bonds is 5. The van der Waals surface area contributed by atoms with Crippen molar-refractivity contribution in [3.63, 3.8) is 0 Å². The highest BCUT2D eigenvalue weighted by atomic mass is 14.7. The lowest BCUT2D eigenvalue weighted by Crippen LogP contribution is -1.80. The van der Waals surface area contributed by atoms with Crippen LogP contribution in [0.5, 0.6) is 0 Å². The van der Waals surface area contributed by atoms with Gasteiger partial charge in [-0.1, -0.05) is 38.0 Å². The molecule has 0 aliphatic rings. The number of nitriles is 1. The molecule has 0 aliphatic carbocycles. The van der Waals surface area contributed by atoms with Gasteiger partial charge in [-0.05, 0) is 23.9 Å². The Kier molecular flexibility index (Phi) is 5.41. The molecule has 70 valence electrons. The third kappa shape index (κ3) is 4.03. The first-order chi connectivity index (χ1) is 6.65. The molecule has 0 aromatic rings. The minimum Gasteiger partial charge on any atom is -0.253 e. The summed E-state index contributed by atoms with van der Waals surface area (Å²) in [4.78, 5) is 3.51. The van der Waals surface area contributed by atoms with Gasteiger partial charge < -0.3 is 0 Å². The Morgan fingerprint density at radius 2 is 1.93 bits per heavy atom. The van der Waals surface area contributed by atoms with E-state index in [9.17, 15) is 0 Å². The van der Waals surface area contributed by atoms with E-state index in [0.29, 0.717) is 11.1 Å². The third-order valence-electron chi connectivity index (χ3n) is 1.44. The minimum absolute atomic E-state index is 0.225. The van der Waals surface area contributed by atoms with E-state index in [1.165, 1.54) is 6.08 Å². The third-order valence-corrected chi connectivity index (χ3v) is 1.44. The first kappa shape index (κ1) is 11.9. The molecule has 0 unspecified atom stereocenters. The summed E-state index contributed by atoms with van der Waals surface area (Å²) in [7, 11) is 0. The summed E-state index contributed by atoms with van der Waals surface area (Å²) < 4.78 is 0. The molecule has 0 atom stereocenters. The van der Waals surface area contributed by atoms with E-state index in [2.05, 4.69) is 31.4 Å². The smallest absolute Gasteiger partial charge is 0.140 e. The van der Waals surface area contributed by atoms with Crippen LogP contribution in [-0.2, 0) is 0 Å². The summed E-state index contributed by atoms with van der Waals surface area (Å²) in [6.45, 7) is 14.3. The Labute approximate surface area is 84.6 Å². The lowest BCUT2D eigenvalue weighted by molar-refractivity contribution is 1.38. The van der Waals surface area contributed by atoms with Crippen molar-refractivity contribution in [2.75, 3.05) is 0 Å². The van der Waals surface area contributed by atoms with Crippen LogP contribution in [0.4, 0.5) is 0 Å². The van der Waals surface area contributed by atoms with Gasteiger partial charge in [-0.15, -0.1) is 0 Å². The highest BCUT2D eigenvalue weighted by molar-refractivity contribution is 5.48. The normalized spacial score (nSPS) is 10.6. The molecule has 0 fully saturated rings.